The molecule has 0 amide bonds. The van der Waals surface area contributed by atoms with Gasteiger partial charge in [-0.15, -0.1) is 5.01 Å². The molecule has 0 unspecified atom stereocenters. The van der Waals surface area contributed by atoms with Crippen LogP contribution in [0.1, 0.15) is 41.5 Å². The van der Waals surface area contributed by atoms with Crippen LogP contribution in [0.15, 0.2) is 5.28 Å². The Bertz CT molecular complexity index is 197. The molecule has 5 nitrogen and oxygen atoms in total. The molecule has 0 aliphatic carbocycles. The molecule has 0 aliphatic rings. The molecule has 14 heavy (non-hydrogen) atoms. The number of hydrogen-bond acceptors (Lipinski definition) is 3. The van der Waals surface area contributed by atoms with Crippen molar-refractivity contribution in [3.05, 3.63) is 5.21 Å². The van der Waals surface area contributed by atoms with Crippen molar-refractivity contribution in [1.82, 2.24) is 5.01 Å². The third-order valence-corrected chi connectivity index (χ3v) is 1.61. The van der Waals surface area contributed by atoms with Gasteiger partial charge in [0.25, 0.3) is 0 Å². The van der Waals surface area contributed by atoms with Gasteiger partial charge in [-0.05, 0) is 41.5 Å². The molecule has 0 aromatic heterocycles. The summed E-state index contributed by atoms with van der Waals surface area (Å²) in [5.74, 6) is 0. The molecule has 5 heteroatoms. The van der Waals surface area contributed by atoms with Crippen LogP contribution in [0.3, 0.4) is 0 Å². The fourth-order valence-electron chi connectivity index (χ4n) is 1.03. The highest BCUT2D eigenvalue weighted by atomic mass is 16.7. The number of hydrazine groups is 1. The van der Waals surface area contributed by atoms with E-state index < -0.39 is 0 Å². The van der Waals surface area contributed by atoms with Crippen LogP contribution in [0.4, 0.5) is 0 Å². The van der Waals surface area contributed by atoms with E-state index in [4.69, 9.17) is 4.84 Å². The Kier molecular flexibility index (Phi) is 4.67. The van der Waals surface area contributed by atoms with E-state index in [0.717, 1.165) is 0 Å². The summed E-state index contributed by atoms with van der Waals surface area (Å²) in [7, 11) is 0. The topological polar surface area (TPSA) is 50.9 Å². The van der Waals surface area contributed by atoms with Gasteiger partial charge in [0.1, 0.15) is 6.10 Å². The normalized spacial score (nSPS) is 13.2. The summed E-state index contributed by atoms with van der Waals surface area (Å²) >= 11 is 0. The van der Waals surface area contributed by atoms with Crippen molar-refractivity contribution in [2.45, 2.75) is 53.2 Å². The molecule has 0 saturated carbocycles. The Morgan fingerprint density at radius 3 is 2.21 bits per heavy atom. The third kappa shape index (κ3) is 4.30. The van der Waals surface area contributed by atoms with Crippen LogP contribution >= 0.6 is 0 Å². The van der Waals surface area contributed by atoms with Crippen molar-refractivity contribution in [2.24, 2.45) is 5.28 Å². The molecule has 0 bridgehead atoms. The highest BCUT2D eigenvalue weighted by Crippen LogP contribution is 2.12. The Labute approximate surface area is 85.9 Å². The SMILES string of the molecule is CCN([N+]([O-])=NOC(C)C)C(C)(C)C. The van der Waals surface area contributed by atoms with Crippen LogP contribution in [0.2, 0.25) is 0 Å². The maximum Gasteiger partial charge on any atom is 0.233 e. The van der Waals surface area contributed by atoms with E-state index in [2.05, 4.69) is 5.28 Å². The summed E-state index contributed by atoms with van der Waals surface area (Å²) in [6.45, 7) is 12.0. The molecule has 0 fully saturated rings. The Morgan fingerprint density at radius 1 is 1.43 bits per heavy atom. The van der Waals surface area contributed by atoms with E-state index in [9.17, 15) is 5.21 Å². The molecule has 0 N–H and O–H groups in total. The van der Waals surface area contributed by atoms with Gasteiger partial charge in [-0.25, -0.2) is 0 Å². The van der Waals surface area contributed by atoms with Crippen molar-refractivity contribution >= 4 is 0 Å². The zero-order valence-electron chi connectivity index (χ0n) is 9.94. The molecular formula is C9H21N3O2. The summed E-state index contributed by atoms with van der Waals surface area (Å²) in [5, 5.41) is 16.5. The number of rotatable bonds is 4. The van der Waals surface area contributed by atoms with Gasteiger partial charge in [0, 0.05) is 0 Å². The fourth-order valence-corrected chi connectivity index (χ4v) is 1.03. The van der Waals surface area contributed by atoms with Crippen LogP contribution in [-0.2, 0) is 4.84 Å². The quantitative estimate of drug-likeness (QED) is 0.400. The standard InChI is InChI=1S/C9H21N3O2/c1-7-11(9(4,5)6)12(13)10-14-8(2)3/h8H,7H2,1-6H3. The average molecular weight is 203 g/mol. The maximum absolute atomic E-state index is 11.5. The van der Waals surface area contributed by atoms with E-state index in [-0.39, 0.29) is 11.6 Å². The summed E-state index contributed by atoms with van der Waals surface area (Å²) in [6, 6.07) is 0. The molecule has 0 radical (unpaired) electrons. The minimum Gasteiger partial charge on any atom is -0.569 e. The van der Waals surface area contributed by atoms with Gasteiger partial charge in [0.15, 0.2) is 0 Å². The number of hydrogen-bond donors (Lipinski definition) is 0. The first kappa shape index (κ1) is 13.0. The van der Waals surface area contributed by atoms with Crippen LogP contribution in [0.5, 0.6) is 0 Å². The molecular weight excluding hydrogens is 182 g/mol. The average Bonchev–Trinajstić information content (AvgIpc) is 1.99. The second kappa shape index (κ2) is 5.02. The first-order valence-corrected chi connectivity index (χ1v) is 4.90. The minimum absolute atomic E-state index is 0.0786. The molecule has 0 rings (SSSR count). The van der Waals surface area contributed by atoms with Gasteiger partial charge in [0.05, 0.1) is 17.1 Å². The third-order valence-electron chi connectivity index (χ3n) is 1.61. The molecule has 0 aromatic rings. The van der Waals surface area contributed by atoms with E-state index in [1.807, 2.05) is 41.5 Å². The fraction of sp³-hybridized carbons (Fsp3) is 1.00. The van der Waals surface area contributed by atoms with Gasteiger partial charge in [-0.2, -0.15) is 0 Å². The highest BCUT2D eigenvalue weighted by molar-refractivity contribution is 4.67. The molecule has 0 aliphatic heterocycles. The maximum atomic E-state index is 11.5. The van der Waals surface area contributed by atoms with Crippen molar-refractivity contribution in [2.75, 3.05) is 6.54 Å². The molecule has 0 spiro atoms. The van der Waals surface area contributed by atoms with E-state index in [1.54, 1.807) is 5.01 Å². The lowest BCUT2D eigenvalue weighted by atomic mass is 10.1. The molecule has 0 saturated heterocycles. The summed E-state index contributed by atoms with van der Waals surface area (Å²) < 4.78 is 0. The van der Waals surface area contributed by atoms with Gasteiger partial charge in [-0.3, -0.25) is 0 Å². The minimum atomic E-state index is -0.250. The lowest BCUT2D eigenvalue weighted by molar-refractivity contribution is -0.725. The van der Waals surface area contributed by atoms with E-state index in [0.29, 0.717) is 11.5 Å². The zero-order valence-corrected chi connectivity index (χ0v) is 9.94. The predicted octanol–water partition coefficient (Wildman–Crippen LogP) is 2.32. The van der Waals surface area contributed by atoms with Crippen LogP contribution in [0, 0.1) is 5.21 Å². The largest absolute Gasteiger partial charge is 0.569 e. The molecule has 84 valence electrons. The first-order valence-electron chi connectivity index (χ1n) is 4.90. The Balaban J connectivity index is 4.46. The van der Waals surface area contributed by atoms with Gasteiger partial charge >= 0.3 is 0 Å². The Morgan fingerprint density at radius 2 is 1.93 bits per heavy atom. The molecule has 0 atom stereocenters. The first-order chi connectivity index (χ1) is 6.29. The van der Waals surface area contributed by atoms with Crippen molar-refractivity contribution in [3.8, 4) is 0 Å². The van der Waals surface area contributed by atoms with E-state index >= 15 is 0 Å². The predicted molar refractivity (Wildman–Crippen MR) is 54.4 cm³/mol. The zero-order chi connectivity index (χ0) is 11.4. The molecule has 0 aromatic carbocycles. The van der Waals surface area contributed by atoms with Crippen LogP contribution < -0.4 is 0 Å². The van der Waals surface area contributed by atoms with Crippen LogP contribution in [-0.4, -0.2) is 28.2 Å². The van der Waals surface area contributed by atoms with Crippen molar-refractivity contribution in [3.63, 3.8) is 0 Å². The van der Waals surface area contributed by atoms with Crippen molar-refractivity contribution < 1.29 is 9.81 Å². The summed E-state index contributed by atoms with van der Waals surface area (Å²) in [4.78, 5) is 5.39. The van der Waals surface area contributed by atoms with Crippen molar-refractivity contribution in [1.29, 1.82) is 0 Å². The monoisotopic (exact) mass is 203 g/mol. The highest BCUT2D eigenvalue weighted by Gasteiger charge is 2.27. The smallest absolute Gasteiger partial charge is 0.233 e. The van der Waals surface area contributed by atoms with Gasteiger partial charge < -0.3 is 10.0 Å². The van der Waals surface area contributed by atoms with Gasteiger partial charge in [-0.1, -0.05) is 0 Å². The van der Waals surface area contributed by atoms with E-state index in [1.165, 1.54) is 0 Å². The molecule has 0 heterocycles. The number of nitrogens with zero attached hydrogens (tertiary/aromatic N) is 3. The van der Waals surface area contributed by atoms with Gasteiger partial charge in [0.2, 0.25) is 5.28 Å². The summed E-state index contributed by atoms with van der Waals surface area (Å²) in [6.07, 6.45) is -0.0786. The van der Waals surface area contributed by atoms with Crippen LogP contribution in [0.25, 0.3) is 0 Å². The Hall–Kier alpha value is -1.00. The lowest BCUT2D eigenvalue weighted by Gasteiger charge is -2.29. The summed E-state index contributed by atoms with van der Waals surface area (Å²) in [5.41, 5.74) is -0.250. The lowest BCUT2D eigenvalue weighted by Crippen LogP contribution is -2.45. The second-order valence-electron chi connectivity index (χ2n) is 4.38. The second-order valence-corrected chi connectivity index (χ2v) is 4.38.